The average Bonchev–Trinajstić information content (AvgIpc) is 2.82. The number of benzene rings is 1. The Morgan fingerprint density at radius 2 is 2.05 bits per heavy atom. The number of rotatable bonds is 6. The van der Waals surface area contributed by atoms with Gasteiger partial charge < -0.3 is 5.32 Å². The van der Waals surface area contributed by atoms with Crippen molar-refractivity contribution in [1.29, 1.82) is 0 Å². The van der Waals surface area contributed by atoms with Crippen LogP contribution in [0.1, 0.15) is 50.5 Å². The number of aromatic nitrogens is 2. The van der Waals surface area contributed by atoms with E-state index in [9.17, 15) is 0 Å². The fourth-order valence-corrected chi connectivity index (χ4v) is 2.82. The predicted octanol–water partition coefficient (Wildman–Crippen LogP) is 4.86. The highest BCUT2D eigenvalue weighted by Crippen LogP contribution is 2.31. The highest BCUT2D eigenvalue weighted by atomic mass is 35.5. The first kappa shape index (κ1) is 16.3. The number of hydrogen-bond donors (Lipinski definition) is 1. The Morgan fingerprint density at radius 3 is 2.67 bits per heavy atom. The minimum atomic E-state index is -0.0129. The normalized spacial score (nSPS) is 12.9. The molecule has 0 amide bonds. The molecule has 0 spiro atoms. The molecule has 0 saturated carbocycles. The third-order valence-corrected chi connectivity index (χ3v) is 3.86. The molecular formula is C16H21Cl2N3. The Kier molecular flexibility index (Phi) is 5.68. The summed E-state index contributed by atoms with van der Waals surface area (Å²) in [7, 11) is 0. The van der Waals surface area contributed by atoms with E-state index in [-0.39, 0.29) is 12.1 Å². The van der Waals surface area contributed by atoms with Crippen LogP contribution in [0.5, 0.6) is 0 Å². The Morgan fingerprint density at radius 1 is 1.29 bits per heavy atom. The Bertz CT molecular complexity index is 593. The molecule has 1 unspecified atom stereocenters. The summed E-state index contributed by atoms with van der Waals surface area (Å²) in [5.74, 6) is 0. The van der Waals surface area contributed by atoms with Gasteiger partial charge in [-0.05, 0) is 44.5 Å². The van der Waals surface area contributed by atoms with Crippen molar-refractivity contribution in [3.05, 3.63) is 51.8 Å². The molecule has 0 aliphatic heterocycles. The second-order valence-electron chi connectivity index (χ2n) is 5.36. The second-order valence-corrected chi connectivity index (χ2v) is 6.20. The summed E-state index contributed by atoms with van der Waals surface area (Å²) in [6.07, 6.45) is 2.76. The van der Waals surface area contributed by atoms with Gasteiger partial charge in [-0.15, -0.1) is 0 Å². The first-order valence-electron chi connectivity index (χ1n) is 7.26. The molecule has 0 aliphatic rings. The summed E-state index contributed by atoms with van der Waals surface area (Å²) >= 11 is 12.5. The zero-order valence-corrected chi connectivity index (χ0v) is 14.1. The molecule has 21 heavy (non-hydrogen) atoms. The number of hydrogen-bond acceptors (Lipinski definition) is 2. The minimum Gasteiger partial charge on any atom is -0.305 e. The van der Waals surface area contributed by atoms with Gasteiger partial charge in [0.15, 0.2) is 0 Å². The van der Waals surface area contributed by atoms with E-state index in [0.29, 0.717) is 5.02 Å². The average molecular weight is 326 g/mol. The molecular weight excluding hydrogens is 305 g/mol. The maximum atomic E-state index is 6.40. The molecule has 114 valence electrons. The SMILES string of the molecule is CCCNC(c1cccc(Cl)c1)c1c(Cl)cnn1C(C)C. The predicted molar refractivity (Wildman–Crippen MR) is 89.2 cm³/mol. The van der Waals surface area contributed by atoms with Crippen LogP contribution in [0.3, 0.4) is 0 Å². The standard InChI is InChI=1S/C16H21Cl2N3/c1-4-8-19-15(12-6-5-7-13(17)9-12)16-14(18)10-20-21(16)11(2)3/h5-7,9-11,15,19H,4,8H2,1-3H3. The largest absolute Gasteiger partial charge is 0.305 e. The van der Waals surface area contributed by atoms with Gasteiger partial charge in [0.1, 0.15) is 0 Å². The number of nitrogens with one attached hydrogen (secondary N) is 1. The van der Waals surface area contributed by atoms with Crippen molar-refractivity contribution in [2.24, 2.45) is 0 Å². The van der Waals surface area contributed by atoms with Gasteiger partial charge in [0, 0.05) is 11.1 Å². The monoisotopic (exact) mass is 325 g/mol. The Labute approximate surface area is 136 Å². The minimum absolute atomic E-state index is 0.0129. The van der Waals surface area contributed by atoms with E-state index in [4.69, 9.17) is 23.2 Å². The van der Waals surface area contributed by atoms with Crippen LogP contribution < -0.4 is 5.32 Å². The first-order chi connectivity index (χ1) is 10.0. The summed E-state index contributed by atoms with van der Waals surface area (Å²) in [6, 6.07) is 8.11. The van der Waals surface area contributed by atoms with Crippen molar-refractivity contribution in [3.8, 4) is 0 Å². The molecule has 0 fully saturated rings. The first-order valence-corrected chi connectivity index (χ1v) is 8.02. The van der Waals surface area contributed by atoms with E-state index < -0.39 is 0 Å². The smallest absolute Gasteiger partial charge is 0.0837 e. The summed E-state index contributed by atoms with van der Waals surface area (Å²) in [6.45, 7) is 7.24. The van der Waals surface area contributed by atoms with E-state index in [0.717, 1.165) is 29.2 Å². The molecule has 1 aromatic carbocycles. The zero-order valence-electron chi connectivity index (χ0n) is 12.6. The fraction of sp³-hybridized carbons (Fsp3) is 0.438. The summed E-state index contributed by atoms with van der Waals surface area (Å²) in [5.41, 5.74) is 2.09. The number of nitrogens with zero attached hydrogens (tertiary/aromatic N) is 2. The molecule has 3 nitrogen and oxygen atoms in total. The van der Waals surface area contributed by atoms with Gasteiger partial charge in [-0.2, -0.15) is 5.10 Å². The molecule has 5 heteroatoms. The van der Waals surface area contributed by atoms with E-state index in [1.165, 1.54) is 0 Å². The molecule has 0 saturated heterocycles. The lowest BCUT2D eigenvalue weighted by Gasteiger charge is -2.23. The van der Waals surface area contributed by atoms with Crippen LogP contribution in [-0.4, -0.2) is 16.3 Å². The highest BCUT2D eigenvalue weighted by Gasteiger charge is 2.23. The van der Waals surface area contributed by atoms with Crippen LogP contribution in [0.25, 0.3) is 0 Å². The maximum absolute atomic E-state index is 6.40. The third kappa shape index (κ3) is 3.79. The van der Waals surface area contributed by atoms with Crippen LogP contribution in [-0.2, 0) is 0 Å². The quantitative estimate of drug-likeness (QED) is 0.821. The zero-order chi connectivity index (χ0) is 15.4. The molecule has 2 aromatic rings. The van der Waals surface area contributed by atoms with Crippen molar-refractivity contribution < 1.29 is 0 Å². The van der Waals surface area contributed by atoms with Gasteiger partial charge >= 0.3 is 0 Å². The van der Waals surface area contributed by atoms with Gasteiger partial charge in [0.05, 0.1) is 23.0 Å². The molecule has 1 aromatic heterocycles. The number of halogens is 2. The van der Waals surface area contributed by atoms with Crippen LogP contribution in [0.4, 0.5) is 0 Å². The van der Waals surface area contributed by atoms with Crippen LogP contribution >= 0.6 is 23.2 Å². The van der Waals surface area contributed by atoms with E-state index >= 15 is 0 Å². The third-order valence-electron chi connectivity index (χ3n) is 3.33. The lowest BCUT2D eigenvalue weighted by molar-refractivity contribution is 0.472. The van der Waals surface area contributed by atoms with E-state index in [1.807, 2.05) is 22.9 Å². The van der Waals surface area contributed by atoms with Crippen LogP contribution in [0, 0.1) is 0 Å². The molecule has 0 aliphatic carbocycles. The maximum Gasteiger partial charge on any atom is 0.0837 e. The van der Waals surface area contributed by atoms with Crippen molar-refractivity contribution in [2.75, 3.05) is 6.54 Å². The van der Waals surface area contributed by atoms with Crippen molar-refractivity contribution >= 4 is 23.2 Å². The van der Waals surface area contributed by atoms with E-state index in [2.05, 4.69) is 37.3 Å². The fourth-order valence-electron chi connectivity index (χ4n) is 2.38. The van der Waals surface area contributed by atoms with Gasteiger partial charge in [-0.25, -0.2) is 0 Å². The van der Waals surface area contributed by atoms with Gasteiger partial charge in [0.2, 0.25) is 0 Å². The topological polar surface area (TPSA) is 29.9 Å². The Hall–Kier alpha value is -1.03. The molecule has 0 radical (unpaired) electrons. The molecule has 1 heterocycles. The second kappa shape index (κ2) is 7.30. The lowest BCUT2D eigenvalue weighted by Crippen LogP contribution is -2.26. The van der Waals surface area contributed by atoms with Gasteiger partial charge in [-0.3, -0.25) is 4.68 Å². The molecule has 2 rings (SSSR count). The van der Waals surface area contributed by atoms with Crippen LogP contribution in [0.2, 0.25) is 10.0 Å². The summed E-state index contributed by atoms with van der Waals surface area (Å²) in [5, 5.41) is 9.35. The molecule has 1 atom stereocenters. The lowest BCUT2D eigenvalue weighted by atomic mass is 10.0. The van der Waals surface area contributed by atoms with E-state index in [1.54, 1.807) is 6.20 Å². The highest BCUT2D eigenvalue weighted by molar-refractivity contribution is 6.31. The summed E-state index contributed by atoms with van der Waals surface area (Å²) in [4.78, 5) is 0. The van der Waals surface area contributed by atoms with Crippen molar-refractivity contribution in [3.63, 3.8) is 0 Å². The van der Waals surface area contributed by atoms with Crippen LogP contribution in [0.15, 0.2) is 30.5 Å². The van der Waals surface area contributed by atoms with Gasteiger partial charge in [0.25, 0.3) is 0 Å². The van der Waals surface area contributed by atoms with Crippen molar-refractivity contribution in [1.82, 2.24) is 15.1 Å². The Balaban J connectivity index is 2.48. The van der Waals surface area contributed by atoms with Gasteiger partial charge in [-0.1, -0.05) is 42.3 Å². The molecule has 1 N–H and O–H groups in total. The summed E-state index contributed by atoms with van der Waals surface area (Å²) < 4.78 is 1.97. The van der Waals surface area contributed by atoms with Crippen molar-refractivity contribution in [2.45, 2.75) is 39.3 Å². The molecule has 0 bridgehead atoms.